The van der Waals surface area contributed by atoms with Crippen LogP contribution < -0.4 is 0 Å². The van der Waals surface area contributed by atoms with Gasteiger partial charge in [0.25, 0.3) is 5.91 Å². The number of carbonyl (C=O) groups excluding carboxylic acids is 1. The molecule has 1 aliphatic heterocycles. The first-order valence-corrected chi connectivity index (χ1v) is 5.64. The second-order valence-electron chi connectivity index (χ2n) is 4.18. The second-order valence-corrected chi connectivity index (χ2v) is 4.18. The molecular formula is C12H16N2O3. The summed E-state index contributed by atoms with van der Waals surface area (Å²) < 4.78 is 5.31. The van der Waals surface area contributed by atoms with Crippen LogP contribution in [0.2, 0.25) is 0 Å². The van der Waals surface area contributed by atoms with E-state index in [1.165, 1.54) is 0 Å². The van der Waals surface area contributed by atoms with Crippen molar-refractivity contribution in [3.05, 3.63) is 29.6 Å². The summed E-state index contributed by atoms with van der Waals surface area (Å²) in [4.78, 5) is 17.9. The van der Waals surface area contributed by atoms with Gasteiger partial charge in [0.2, 0.25) is 0 Å². The topological polar surface area (TPSA) is 62.7 Å². The van der Waals surface area contributed by atoms with E-state index in [-0.39, 0.29) is 18.6 Å². The van der Waals surface area contributed by atoms with Gasteiger partial charge in [-0.3, -0.25) is 9.78 Å². The number of rotatable bonds is 2. The zero-order valence-corrected chi connectivity index (χ0v) is 9.80. The minimum atomic E-state index is -0.273. The fourth-order valence-corrected chi connectivity index (χ4v) is 1.87. The van der Waals surface area contributed by atoms with Crippen LogP contribution >= 0.6 is 0 Å². The second kappa shape index (κ2) is 5.25. The van der Waals surface area contributed by atoms with E-state index < -0.39 is 0 Å². The van der Waals surface area contributed by atoms with Crippen LogP contribution in [0.4, 0.5) is 0 Å². The van der Waals surface area contributed by atoms with Crippen LogP contribution in [0.3, 0.4) is 0 Å². The van der Waals surface area contributed by atoms with Crippen molar-refractivity contribution in [2.24, 2.45) is 0 Å². The van der Waals surface area contributed by atoms with E-state index in [4.69, 9.17) is 9.84 Å². The van der Waals surface area contributed by atoms with Crippen molar-refractivity contribution < 1.29 is 14.6 Å². The van der Waals surface area contributed by atoms with Crippen molar-refractivity contribution >= 4 is 5.91 Å². The summed E-state index contributed by atoms with van der Waals surface area (Å²) in [7, 11) is 0. The molecule has 1 saturated heterocycles. The molecule has 2 rings (SSSR count). The van der Waals surface area contributed by atoms with E-state index in [1.807, 2.05) is 13.0 Å². The zero-order chi connectivity index (χ0) is 12.3. The maximum atomic E-state index is 12.2. The lowest BCUT2D eigenvalue weighted by Crippen LogP contribution is -2.46. The van der Waals surface area contributed by atoms with Crippen LogP contribution in [-0.4, -0.2) is 53.3 Å². The molecule has 1 amide bonds. The van der Waals surface area contributed by atoms with Gasteiger partial charge in [0.15, 0.2) is 0 Å². The highest BCUT2D eigenvalue weighted by Gasteiger charge is 2.24. The molecular weight excluding hydrogens is 220 g/mol. The maximum absolute atomic E-state index is 12.2. The summed E-state index contributed by atoms with van der Waals surface area (Å²) in [5.41, 5.74) is 1.55. The van der Waals surface area contributed by atoms with Crippen LogP contribution in [0.5, 0.6) is 0 Å². The molecule has 92 valence electrons. The van der Waals surface area contributed by atoms with E-state index in [0.717, 1.165) is 5.56 Å². The Morgan fingerprint density at radius 2 is 2.47 bits per heavy atom. The predicted octanol–water partition coefficient (Wildman–Crippen LogP) is 0.223. The van der Waals surface area contributed by atoms with Crippen LogP contribution in [0.1, 0.15) is 15.9 Å². The Labute approximate surface area is 100 Å². The van der Waals surface area contributed by atoms with Crippen LogP contribution in [0.15, 0.2) is 18.5 Å². The number of amides is 1. The third-order valence-corrected chi connectivity index (χ3v) is 2.75. The number of aliphatic hydroxyl groups is 1. The lowest BCUT2D eigenvalue weighted by atomic mass is 10.2. The Bertz CT molecular complexity index is 408. The fourth-order valence-electron chi connectivity index (χ4n) is 1.87. The minimum absolute atomic E-state index is 0.0528. The summed E-state index contributed by atoms with van der Waals surface area (Å²) in [5, 5.41) is 9.03. The maximum Gasteiger partial charge on any atom is 0.255 e. The Kier molecular flexibility index (Phi) is 3.71. The molecule has 1 unspecified atom stereocenters. The number of morpholine rings is 1. The zero-order valence-electron chi connectivity index (χ0n) is 9.80. The molecule has 5 heteroatoms. The molecule has 0 bridgehead atoms. The molecule has 2 heterocycles. The van der Waals surface area contributed by atoms with Crippen molar-refractivity contribution in [1.29, 1.82) is 0 Å². The van der Waals surface area contributed by atoms with Crippen LogP contribution in [0.25, 0.3) is 0 Å². The number of ether oxygens (including phenoxy) is 1. The number of aromatic nitrogens is 1. The van der Waals surface area contributed by atoms with E-state index in [2.05, 4.69) is 4.98 Å². The molecule has 1 fully saturated rings. The Morgan fingerprint density at radius 1 is 1.65 bits per heavy atom. The first kappa shape index (κ1) is 12.0. The first-order valence-electron chi connectivity index (χ1n) is 5.64. The van der Waals surface area contributed by atoms with Crippen molar-refractivity contribution in [1.82, 2.24) is 9.88 Å². The number of carbonyl (C=O) groups is 1. The largest absolute Gasteiger partial charge is 0.394 e. The Morgan fingerprint density at radius 3 is 3.18 bits per heavy atom. The van der Waals surface area contributed by atoms with E-state index in [1.54, 1.807) is 17.3 Å². The van der Waals surface area contributed by atoms with Gasteiger partial charge in [-0.15, -0.1) is 0 Å². The Balaban J connectivity index is 2.09. The highest BCUT2D eigenvalue weighted by atomic mass is 16.5. The number of hydrogen-bond acceptors (Lipinski definition) is 4. The molecule has 1 aliphatic rings. The van der Waals surface area contributed by atoms with Gasteiger partial charge < -0.3 is 14.7 Å². The normalized spacial score (nSPS) is 20.4. The molecule has 1 atom stereocenters. The van der Waals surface area contributed by atoms with Gasteiger partial charge in [0.1, 0.15) is 0 Å². The van der Waals surface area contributed by atoms with Gasteiger partial charge in [0.05, 0.1) is 24.9 Å². The molecule has 5 nitrogen and oxygen atoms in total. The molecule has 0 saturated carbocycles. The summed E-state index contributed by atoms with van der Waals surface area (Å²) in [6.45, 7) is 3.30. The molecule has 0 radical (unpaired) electrons. The lowest BCUT2D eigenvalue weighted by Gasteiger charge is -2.32. The molecule has 0 aliphatic carbocycles. The van der Waals surface area contributed by atoms with Crippen molar-refractivity contribution in [3.63, 3.8) is 0 Å². The molecule has 0 spiro atoms. The molecule has 1 N–H and O–H groups in total. The van der Waals surface area contributed by atoms with Gasteiger partial charge in [-0.1, -0.05) is 0 Å². The number of nitrogens with zero attached hydrogens (tertiary/aromatic N) is 2. The van der Waals surface area contributed by atoms with Crippen molar-refractivity contribution in [2.75, 3.05) is 26.3 Å². The average Bonchev–Trinajstić information content (AvgIpc) is 2.38. The number of pyridine rings is 1. The van der Waals surface area contributed by atoms with E-state index in [0.29, 0.717) is 25.3 Å². The molecule has 17 heavy (non-hydrogen) atoms. The van der Waals surface area contributed by atoms with Crippen molar-refractivity contribution in [2.45, 2.75) is 13.0 Å². The summed E-state index contributed by atoms with van der Waals surface area (Å²) in [6.07, 6.45) is 3.01. The van der Waals surface area contributed by atoms with Gasteiger partial charge in [0, 0.05) is 25.5 Å². The lowest BCUT2D eigenvalue weighted by molar-refractivity contribution is -0.0447. The number of aliphatic hydroxyl groups excluding tert-OH is 1. The standard InChI is InChI=1S/C12H16N2O3/c1-9-4-10(6-13-5-9)12(16)14-2-3-17-11(7-14)8-15/h4-6,11,15H,2-3,7-8H2,1H3. The fraction of sp³-hybridized carbons (Fsp3) is 0.500. The highest BCUT2D eigenvalue weighted by molar-refractivity contribution is 5.94. The monoisotopic (exact) mass is 236 g/mol. The van der Waals surface area contributed by atoms with Crippen LogP contribution in [-0.2, 0) is 4.74 Å². The first-order chi connectivity index (χ1) is 8.20. The Hall–Kier alpha value is -1.46. The summed E-state index contributed by atoms with van der Waals surface area (Å²) in [5.74, 6) is -0.0528. The number of hydrogen-bond donors (Lipinski definition) is 1. The minimum Gasteiger partial charge on any atom is -0.394 e. The summed E-state index contributed by atoms with van der Waals surface area (Å²) in [6, 6.07) is 1.82. The smallest absolute Gasteiger partial charge is 0.255 e. The predicted molar refractivity (Wildman–Crippen MR) is 61.7 cm³/mol. The summed E-state index contributed by atoms with van der Waals surface area (Å²) >= 11 is 0. The van der Waals surface area contributed by atoms with E-state index in [9.17, 15) is 4.79 Å². The third kappa shape index (κ3) is 2.81. The van der Waals surface area contributed by atoms with Gasteiger partial charge in [-0.25, -0.2) is 0 Å². The van der Waals surface area contributed by atoms with Gasteiger partial charge >= 0.3 is 0 Å². The van der Waals surface area contributed by atoms with Crippen molar-refractivity contribution in [3.8, 4) is 0 Å². The van der Waals surface area contributed by atoms with Gasteiger partial charge in [-0.2, -0.15) is 0 Å². The van der Waals surface area contributed by atoms with Crippen LogP contribution in [0, 0.1) is 6.92 Å². The number of aryl methyl sites for hydroxylation is 1. The molecule has 1 aromatic heterocycles. The quantitative estimate of drug-likeness (QED) is 0.798. The highest BCUT2D eigenvalue weighted by Crippen LogP contribution is 2.10. The van der Waals surface area contributed by atoms with Gasteiger partial charge in [-0.05, 0) is 18.6 Å². The molecule has 1 aromatic rings. The van der Waals surface area contributed by atoms with E-state index >= 15 is 0 Å². The average molecular weight is 236 g/mol. The SMILES string of the molecule is Cc1cncc(C(=O)N2CCOC(CO)C2)c1. The third-order valence-electron chi connectivity index (χ3n) is 2.75. The molecule has 0 aromatic carbocycles.